The van der Waals surface area contributed by atoms with Gasteiger partial charge in [0, 0.05) is 12.1 Å². The molecule has 1 aliphatic rings. The number of nitrogens with zero attached hydrogens (tertiary/aromatic N) is 2. The van der Waals surface area contributed by atoms with Gasteiger partial charge in [0.05, 0.1) is 0 Å². The molecule has 1 saturated heterocycles. The number of rotatable bonds is 2. The van der Waals surface area contributed by atoms with Crippen LogP contribution >= 0.6 is 0 Å². The van der Waals surface area contributed by atoms with Crippen LogP contribution in [0.1, 0.15) is 27.7 Å². The van der Waals surface area contributed by atoms with E-state index in [1.165, 1.54) is 9.80 Å². The highest BCUT2D eigenvalue weighted by Gasteiger charge is 2.46. The lowest BCUT2D eigenvalue weighted by atomic mass is 10.3. The second kappa shape index (κ2) is 3.74. The van der Waals surface area contributed by atoms with Gasteiger partial charge in [0.15, 0.2) is 12.5 Å². The molecule has 0 saturated carbocycles. The molecule has 2 atom stereocenters. The maximum absolute atomic E-state index is 11.7. The quantitative estimate of drug-likeness (QED) is 0.671. The van der Waals surface area contributed by atoms with E-state index in [4.69, 9.17) is 0 Å². The highest BCUT2D eigenvalue weighted by atomic mass is 16.4. The second-order valence-electron chi connectivity index (χ2n) is 4.11. The van der Waals surface area contributed by atoms with E-state index in [1.807, 2.05) is 0 Å². The number of urea groups is 1. The first-order valence-corrected chi connectivity index (χ1v) is 4.84. The van der Waals surface area contributed by atoms with Crippen LogP contribution in [0, 0.1) is 0 Å². The van der Waals surface area contributed by atoms with Crippen LogP contribution in [0.4, 0.5) is 4.79 Å². The van der Waals surface area contributed by atoms with E-state index in [1.54, 1.807) is 27.7 Å². The zero-order chi connectivity index (χ0) is 11.0. The molecule has 2 unspecified atom stereocenters. The van der Waals surface area contributed by atoms with Gasteiger partial charge in [-0.3, -0.25) is 9.80 Å². The predicted molar refractivity (Wildman–Crippen MR) is 51.4 cm³/mol. The molecule has 1 rings (SSSR count). The fraction of sp³-hybridized carbons (Fsp3) is 0.889. The van der Waals surface area contributed by atoms with E-state index in [2.05, 4.69) is 0 Å². The Hall–Kier alpha value is -0.810. The summed E-state index contributed by atoms with van der Waals surface area (Å²) in [4.78, 5) is 14.3. The van der Waals surface area contributed by atoms with Gasteiger partial charge in [-0.25, -0.2) is 4.79 Å². The fourth-order valence-corrected chi connectivity index (χ4v) is 1.70. The molecule has 0 aromatic rings. The molecule has 2 amide bonds. The van der Waals surface area contributed by atoms with Crippen LogP contribution in [0.2, 0.25) is 0 Å². The van der Waals surface area contributed by atoms with Crippen LogP contribution in [0.25, 0.3) is 0 Å². The number of amides is 2. The summed E-state index contributed by atoms with van der Waals surface area (Å²) in [6.45, 7) is 7.21. The Bertz CT molecular complexity index is 208. The van der Waals surface area contributed by atoms with Crippen LogP contribution in [0.15, 0.2) is 0 Å². The first-order valence-electron chi connectivity index (χ1n) is 4.84. The van der Waals surface area contributed by atoms with E-state index >= 15 is 0 Å². The largest absolute Gasteiger partial charge is 0.369 e. The number of carbonyl (C=O) groups is 1. The highest BCUT2D eigenvalue weighted by molar-refractivity contribution is 5.77. The van der Waals surface area contributed by atoms with Crippen molar-refractivity contribution < 1.29 is 15.0 Å². The van der Waals surface area contributed by atoms with Crippen molar-refractivity contribution in [3.8, 4) is 0 Å². The van der Waals surface area contributed by atoms with Crippen LogP contribution in [-0.4, -0.2) is 50.6 Å². The maximum Gasteiger partial charge on any atom is 0.324 e. The van der Waals surface area contributed by atoms with Crippen LogP contribution in [0.5, 0.6) is 0 Å². The number of aliphatic hydroxyl groups excluding tert-OH is 2. The summed E-state index contributed by atoms with van der Waals surface area (Å²) in [7, 11) is 0. The molecular weight excluding hydrogens is 184 g/mol. The molecule has 0 aliphatic carbocycles. The average molecular weight is 202 g/mol. The Morgan fingerprint density at radius 2 is 1.29 bits per heavy atom. The molecule has 0 aromatic carbocycles. The summed E-state index contributed by atoms with van der Waals surface area (Å²) < 4.78 is 0. The molecule has 0 radical (unpaired) electrons. The van der Waals surface area contributed by atoms with Gasteiger partial charge in [-0.05, 0) is 27.7 Å². The molecular formula is C9H18N2O3. The summed E-state index contributed by atoms with van der Waals surface area (Å²) in [6, 6.07) is -0.540. The predicted octanol–water partition coefficient (Wildman–Crippen LogP) is 0.178. The zero-order valence-electron chi connectivity index (χ0n) is 9.01. The van der Waals surface area contributed by atoms with Crippen molar-refractivity contribution in [3.63, 3.8) is 0 Å². The molecule has 0 aromatic heterocycles. The maximum atomic E-state index is 11.7. The second-order valence-corrected chi connectivity index (χ2v) is 4.11. The lowest BCUT2D eigenvalue weighted by Gasteiger charge is -2.24. The van der Waals surface area contributed by atoms with Crippen molar-refractivity contribution in [2.75, 3.05) is 0 Å². The molecule has 5 nitrogen and oxygen atoms in total. The first kappa shape index (κ1) is 11.3. The van der Waals surface area contributed by atoms with Gasteiger partial charge >= 0.3 is 6.03 Å². The highest BCUT2D eigenvalue weighted by Crippen LogP contribution is 2.24. The van der Waals surface area contributed by atoms with Gasteiger partial charge in [0.2, 0.25) is 0 Å². The van der Waals surface area contributed by atoms with E-state index in [0.717, 1.165) is 0 Å². The molecule has 82 valence electrons. The Kier molecular flexibility index (Phi) is 3.01. The van der Waals surface area contributed by atoms with Gasteiger partial charge < -0.3 is 10.2 Å². The minimum atomic E-state index is -1.12. The zero-order valence-corrected chi connectivity index (χ0v) is 9.01. The van der Waals surface area contributed by atoms with Crippen molar-refractivity contribution in [2.24, 2.45) is 0 Å². The third-order valence-electron chi connectivity index (χ3n) is 2.39. The van der Waals surface area contributed by atoms with Gasteiger partial charge in [0.1, 0.15) is 0 Å². The van der Waals surface area contributed by atoms with Crippen molar-refractivity contribution in [1.82, 2.24) is 9.80 Å². The average Bonchev–Trinajstić information content (AvgIpc) is 2.23. The normalized spacial score (nSPS) is 28.4. The lowest BCUT2D eigenvalue weighted by molar-refractivity contribution is -0.0777. The van der Waals surface area contributed by atoms with E-state index in [-0.39, 0.29) is 18.1 Å². The van der Waals surface area contributed by atoms with Crippen LogP contribution < -0.4 is 0 Å². The molecule has 2 N–H and O–H groups in total. The van der Waals surface area contributed by atoms with Crippen molar-refractivity contribution in [2.45, 2.75) is 52.2 Å². The third kappa shape index (κ3) is 1.57. The van der Waals surface area contributed by atoms with E-state index < -0.39 is 12.5 Å². The van der Waals surface area contributed by atoms with Gasteiger partial charge in [-0.2, -0.15) is 0 Å². The van der Waals surface area contributed by atoms with Gasteiger partial charge in [-0.15, -0.1) is 0 Å². The summed E-state index contributed by atoms with van der Waals surface area (Å²) in [6.07, 6.45) is -2.24. The Balaban J connectivity index is 2.91. The third-order valence-corrected chi connectivity index (χ3v) is 2.39. The Morgan fingerprint density at radius 3 is 1.43 bits per heavy atom. The molecule has 1 aliphatic heterocycles. The van der Waals surface area contributed by atoms with Crippen molar-refractivity contribution in [1.29, 1.82) is 0 Å². The SMILES string of the molecule is CC(C)N1C(=O)N(C(C)C)C(O)C1O. The topological polar surface area (TPSA) is 64.0 Å². The summed E-state index contributed by atoms with van der Waals surface area (Å²) >= 11 is 0. The summed E-state index contributed by atoms with van der Waals surface area (Å²) in [5, 5.41) is 19.3. The minimum absolute atomic E-state index is 0.115. The summed E-state index contributed by atoms with van der Waals surface area (Å²) in [5.74, 6) is 0. The standard InChI is InChI=1S/C9H18N2O3/c1-5(2)10-7(12)8(13)11(6(3)4)9(10)14/h5-8,12-13H,1-4H3. The first-order chi connectivity index (χ1) is 6.37. The fourth-order valence-electron chi connectivity index (χ4n) is 1.70. The molecule has 1 heterocycles. The van der Waals surface area contributed by atoms with Crippen molar-refractivity contribution in [3.05, 3.63) is 0 Å². The Morgan fingerprint density at radius 1 is 1.00 bits per heavy atom. The monoisotopic (exact) mass is 202 g/mol. The number of hydrogen-bond donors (Lipinski definition) is 2. The van der Waals surface area contributed by atoms with E-state index in [9.17, 15) is 15.0 Å². The smallest absolute Gasteiger partial charge is 0.324 e. The summed E-state index contributed by atoms with van der Waals surface area (Å²) in [5.41, 5.74) is 0. The van der Waals surface area contributed by atoms with Crippen LogP contribution in [-0.2, 0) is 0 Å². The number of hydrogen-bond acceptors (Lipinski definition) is 3. The molecule has 14 heavy (non-hydrogen) atoms. The van der Waals surface area contributed by atoms with Gasteiger partial charge in [-0.1, -0.05) is 0 Å². The number of aliphatic hydroxyl groups is 2. The molecule has 0 bridgehead atoms. The Labute approximate surface area is 83.9 Å². The van der Waals surface area contributed by atoms with E-state index in [0.29, 0.717) is 0 Å². The molecule has 0 spiro atoms. The van der Waals surface area contributed by atoms with Gasteiger partial charge in [0.25, 0.3) is 0 Å². The van der Waals surface area contributed by atoms with Crippen molar-refractivity contribution >= 4 is 6.03 Å². The van der Waals surface area contributed by atoms with Crippen LogP contribution in [0.3, 0.4) is 0 Å². The molecule has 5 heteroatoms. The lowest BCUT2D eigenvalue weighted by Crippen LogP contribution is -2.41. The number of carbonyl (C=O) groups excluding carboxylic acids is 1. The molecule has 1 fully saturated rings. The minimum Gasteiger partial charge on any atom is -0.369 e.